The summed E-state index contributed by atoms with van der Waals surface area (Å²) in [7, 11) is 4.95. The number of carbonyl (C=O) groups excluding carboxylic acids is 2. The molecule has 2 N–H and O–H groups in total. The van der Waals surface area contributed by atoms with E-state index in [1.54, 1.807) is 26.2 Å². The number of anilines is 1. The normalized spacial score (nSPS) is 11.8. The largest absolute Gasteiger partial charge is 0.495 e. The average Bonchev–Trinajstić information content (AvgIpc) is 2.72. The fraction of sp³-hybridized carbons (Fsp3) is 0.391. The minimum absolute atomic E-state index is 0.0882. The molecule has 0 aliphatic rings. The molecule has 1 atom stereocenters. The van der Waals surface area contributed by atoms with Gasteiger partial charge in [-0.3, -0.25) is 14.5 Å². The van der Waals surface area contributed by atoms with Crippen LogP contribution in [0.5, 0.6) is 5.75 Å². The monoisotopic (exact) mass is 413 g/mol. The number of aryl methyl sites for hydroxylation is 1. The first kappa shape index (κ1) is 23.4. The number of ether oxygens (including phenoxy) is 2. The van der Waals surface area contributed by atoms with Crippen LogP contribution in [0.4, 0.5) is 5.69 Å². The lowest BCUT2D eigenvalue weighted by Gasteiger charge is -2.27. The van der Waals surface area contributed by atoms with Crippen molar-refractivity contribution < 1.29 is 19.1 Å². The van der Waals surface area contributed by atoms with E-state index in [0.29, 0.717) is 24.6 Å². The quantitative estimate of drug-likeness (QED) is 0.554. The van der Waals surface area contributed by atoms with Crippen molar-refractivity contribution in [3.63, 3.8) is 0 Å². The summed E-state index contributed by atoms with van der Waals surface area (Å²) in [4.78, 5) is 27.3. The summed E-state index contributed by atoms with van der Waals surface area (Å²) < 4.78 is 10.4. The first-order valence-electron chi connectivity index (χ1n) is 9.92. The summed E-state index contributed by atoms with van der Waals surface area (Å²) in [6.45, 7) is 3.15. The molecule has 2 aromatic rings. The van der Waals surface area contributed by atoms with Crippen molar-refractivity contribution in [2.24, 2.45) is 0 Å². The number of rotatable bonds is 11. The first-order valence-corrected chi connectivity index (χ1v) is 9.92. The van der Waals surface area contributed by atoms with E-state index in [-0.39, 0.29) is 18.4 Å². The van der Waals surface area contributed by atoms with E-state index in [4.69, 9.17) is 9.47 Å². The fourth-order valence-electron chi connectivity index (χ4n) is 3.18. The number of hydrogen-bond donors (Lipinski definition) is 2. The molecule has 30 heavy (non-hydrogen) atoms. The summed E-state index contributed by atoms with van der Waals surface area (Å²) in [6.07, 6.45) is 0.738. The molecule has 2 rings (SSSR count). The van der Waals surface area contributed by atoms with E-state index in [1.807, 2.05) is 55.5 Å². The molecule has 2 aromatic carbocycles. The molecule has 0 aliphatic carbocycles. The van der Waals surface area contributed by atoms with Crippen LogP contribution in [0.25, 0.3) is 0 Å². The summed E-state index contributed by atoms with van der Waals surface area (Å²) in [6, 6.07) is 14.4. The molecule has 0 aliphatic heterocycles. The van der Waals surface area contributed by atoms with E-state index >= 15 is 0 Å². The fourth-order valence-corrected chi connectivity index (χ4v) is 3.18. The topological polar surface area (TPSA) is 79.9 Å². The Morgan fingerprint density at radius 3 is 2.50 bits per heavy atom. The average molecular weight is 414 g/mol. The molecule has 0 bridgehead atoms. The number of carbonyl (C=O) groups is 2. The van der Waals surface area contributed by atoms with Gasteiger partial charge in [-0.15, -0.1) is 0 Å². The second-order valence-corrected chi connectivity index (χ2v) is 7.12. The van der Waals surface area contributed by atoms with Crippen molar-refractivity contribution in [2.75, 3.05) is 46.3 Å². The van der Waals surface area contributed by atoms with E-state index < -0.39 is 6.04 Å². The number of nitrogens with one attached hydrogen (secondary N) is 2. The van der Waals surface area contributed by atoms with E-state index in [2.05, 4.69) is 10.6 Å². The van der Waals surface area contributed by atoms with Crippen molar-refractivity contribution in [2.45, 2.75) is 19.4 Å². The van der Waals surface area contributed by atoms with Crippen LogP contribution in [0.15, 0.2) is 48.5 Å². The maximum absolute atomic E-state index is 13.3. The number of methoxy groups -OCH3 is 2. The third kappa shape index (κ3) is 6.86. The Balaban J connectivity index is 2.16. The summed E-state index contributed by atoms with van der Waals surface area (Å²) in [5.74, 6) is 0.203. The molecule has 0 fully saturated rings. The zero-order valence-corrected chi connectivity index (χ0v) is 18.1. The van der Waals surface area contributed by atoms with Gasteiger partial charge in [0, 0.05) is 20.3 Å². The Kier molecular flexibility index (Phi) is 9.31. The van der Waals surface area contributed by atoms with Crippen LogP contribution in [-0.4, -0.2) is 57.7 Å². The highest BCUT2D eigenvalue weighted by atomic mass is 16.5. The minimum Gasteiger partial charge on any atom is -0.495 e. The number of benzene rings is 2. The Morgan fingerprint density at radius 1 is 1.10 bits per heavy atom. The van der Waals surface area contributed by atoms with Crippen molar-refractivity contribution in [1.82, 2.24) is 10.2 Å². The van der Waals surface area contributed by atoms with Gasteiger partial charge in [0.2, 0.25) is 11.8 Å². The molecular weight excluding hydrogens is 382 g/mol. The highest BCUT2D eigenvalue weighted by Crippen LogP contribution is 2.28. The zero-order chi connectivity index (χ0) is 21.9. The van der Waals surface area contributed by atoms with Crippen LogP contribution in [0, 0.1) is 6.92 Å². The van der Waals surface area contributed by atoms with Crippen LogP contribution in [0.3, 0.4) is 0 Å². The van der Waals surface area contributed by atoms with Crippen LogP contribution >= 0.6 is 0 Å². The van der Waals surface area contributed by atoms with Gasteiger partial charge in [-0.2, -0.15) is 0 Å². The summed E-state index contributed by atoms with van der Waals surface area (Å²) in [5, 5.41) is 5.82. The zero-order valence-electron chi connectivity index (χ0n) is 18.1. The van der Waals surface area contributed by atoms with Gasteiger partial charge >= 0.3 is 0 Å². The predicted molar refractivity (Wildman–Crippen MR) is 118 cm³/mol. The number of nitrogens with zero attached hydrogens (tertiary/aromatic N) is 1. The van der Waals surface area contributed by atoms with Crippen molar-refractivity contribution in [1.29, 1.82) is 0 Å². The van der Waals surface area contributed by atoms with Gasteiger partial charge in [-0.25, -0.2) is 0 Å². The van der Waals surface area contributed by atoms with E-state index in [9.17, 15) is 9.59 Å². The molecule has 0 radical (unpaired) electrons. The van der Waals surface area contributed by atoms with Crippen LogP contribution in [0.2, 0.25) is 0 Å². The molecular formula is C23H31N3O4. The summed E-state index contributed by atoms with van der Waals surface area (Å²) >= 11 is 0. The second kappa shape index (κ2) is 11.9. The van der Waals surface area contributed by atoms with Gasteiger partial charge in [0.15, 0.2) is 0 Å². The Hall–Kier alpha value is -2.90. The van der Waals surface area contributed by atoms with Gasteiger partial charge in [0.25, 0.3) is 0 Å². The molecule has 0 spiro atoms. The van der Waals surface area contributed by atoms with Crippen molar-refractivity contribution in [3.8, 4) is 5.75 Å². The lowest BCUT2D eigenvalue weighted by molar-refractivity contribution is -0.125. The highest BCUT2D eigenvalue weighted by Gasteiger charge is 2.27. The van der Waals surface area contributed by atoms with Gasteiger partial charge < -0.3 is 20.1 Å². The Bertz CT molecular complexity index is 826. The number of likely N-dealkylation sites (N-methyl/N-ethyl adjacent to an activating group) is 1. The minimum atomic E-state index is -0.638. The van der Waals surface area contributed by atoms with Crippen molar-refractivity contribution in [3.05, 3.63) is 59.7 Å². The molecule has 0 heterocycles. The lowest BCUT2D eigenvalue weighted by Crippen LogP contribution is -2.41. The maximum Gasteiger partial charge on any atom is 0.246 e. The number of amides is 2. The molecule has 1 unspecified atom stereocenters. The molecule has 162 valence electrons. The third-order valence-electron chi connectivity index (χ3n) is 4.66. The highest BCUT2D eigenvalue weighted by molar-refractivity contribution is 5.97. The lowest BCUT2D eigenvalue weighted by atomic mass is 10.0. The second-order valence-electron chi connectivity index (χ2n) is 7.12. The number of hydrogen-bond acceptors (Lipinski definition) is 5. The molecule has 2 amide bonds. The van der Waals surface area contributed by atoms with Crippen LogP contribution in [0.1, 0.15) is 23.6 Å². The van der Waals surface area contributed by atoms with Crippen LogP contribution in [-0.2, 0) is 14.3 Å². The van der Waals surface area contributed by atoms with Gasteiger partial charge in [-0.05, 0) is 43.7 Å². The smallest absolute Gasteiger partial charge is 0.246 e. The van der Waals surface area contributed by atoms with Gasteiger partial charge in [-0.1, -0.05) is 36.4 Å². The standard InChI is InChI=1S/C23H31N3O4/c1-17-11-12-20(30-4)19(15-17)25-23(28)22(18-9-6-5-7-10-18)26(2)16-21(27)24-13-8-14-29-3/h5-7,9-12,15,22H,8,13-14,16H2,1-4H3,(H,24,27)(H,25,28). The van der Waals surface area contributed by atoms with Gasteiger partial charge in [0.1, 0.15) is 11.8 Å². The predicted octanol–water partition coefficient (Wildman–Crippen LogP) is 2.77. The van der Waals surface area contributed by atoms with Gasteiger partial charge in [0.05, 0.1) is 19.3 Å². The van der Waals surface area contributed by atoms with E-state index in [1.165, 1.54) is 0 Å². The molecule has 0 saturated heterocycles. The Morgan fingerprint density at radius 2 is 1.83 bits per heavy atom. The molecule has 0 aromatic heterocycles. The molecule has 7 heteroatoms. The molecule has 7 nitrogen and oxygen atoms in total. The van der Waals surface area contributed by atoms with Crippen molar-refractivity contribution >= 4 is 17.5 Å². The summed E-state index contributed by atoms with van der Waals surface area (Å²) in [5.41, 5.74) is 2.41. The SMILES string of the molecule is COCCCNC(=O)CN(C)C(C(=O)Nc1cc(C)ccc1OC)c1ccccc1. The third-order valence-corrected chi connectivity index (χ3v) is 4.66. The van der Waals surface area contributed by atoms with Crippen LogP contribution < -0.4 is 15.4 Å². The van der Waals surface area contributed by atoms with E-state index in [0.717, 1.165) is 17.5 Å². The first-order chi connectivity index (χ1) is 14.5. The maximum atomic E-state index is 13.3. The Labute approximate surface area is 178 Å². The molecule has 0 saturated carbocycles.